The summed E-state index contributed by atoms with van der Waals surface area (Å²) in [5, 5.41) is 0. The number of Topliss-reactive ketones (excluding diaryl/α,β-unsaturated/α-hetero) is 1. The van der Waals surface area contributed by atoms with E-state index in [1.807, 2.05) is 48.5 Å². The van der Waals surface area contributed by atoms with Gasteiger partial charge in [-0.2, -0.15) is 0 Å². The van der Waals surface area contributed by atoms with Gasteiger partial charge in [-0.25, -0.2) is 4.39 Å². The first-order valence-electron chi connectivity index (χ1n) is 11.3. The molecule has 1 heterocycles. The van der Waals surface area contributed by atoms with E-state index in [-0.39, 0.29) is 23.4 Å². The van der Waals surface area contributed by atoms with Crippen LogP contribution in [0.3, 0.4) is 0 Å². The number of ether oxygens (including phenoxy) is 1. The number of hydrogen-bond donors (Lipinski definition) is 0. The highest BCUT2D eigenvalue weighted by molar-refractivity contribution is 6.09. The molecule has 5 heteroatoms. The number of benzene rings is 3. The second kappa shape index (κ2) is 8.47. The average Bonchev–Trinajstić information content (AvgIpc) is 3.37. The summed E-state index contributed by atoms with van der Waals surface area (Å²) in [5.74, 6) is 0.562. The molecule has 0 saturated heterocycles. The van der Waals surface area contributed by atoms with E-state index in [2.05, 4.69) is 0 Å². The van der Waals surface area contributed by atoms with E-state index in [9.17, 15) is 14.0 Å². The summed E-state index contributed by atoms with van der Waals surface area (Å²) >= 11 is 0. The van der Waals surface area contributed by atoms with Crippen LogP contribution < -0.4 is 9.64 Å². The van der Waals surface area contributed by atoms with Crippen molar-refractivity contribution in [1.82, 2.24) is 0 Å². The third-order valence-corrected chi connectivity index (χ3v) is 7.16. The molecular weight excluding hydrogens is 417 g/mol. The molecule has 1 aliphatic carbocycles. The van der Waals surface area contributed by atoms with Gasteiger partial charge in [0, 0.05) is 18.5 Å². The van der Waals surface area contributed by atoms with E-state index < -0.39 is 5.41 Å². The number of methoxy groups -OCH3 is 1. The molecule has 5 rings (SSSR count). The quantitative estimate of drug-likeness (QED) is 0.524. The normalized spacial score (nSPS) is 22.0. The Bertz CT molecular complexity index is 1210. The van der Waals surface area contributed by atoms with Crippen molar-refractivity contribution in [2.45, 2.75) is 37.6 Å². The third kappa shape index (κ3) is 3.62. The maximum absolute atomic E-state index is 14.4. The van der Waals surface area contributed by atoms with Gasteiger partial charge in [0.05, 0.1) is 19.1 Å². The van der Waals surface area contributed by atoms with Gasteiger partial charge in [0.2, 0.25) is 5.91 Å². The fraction of sp³-hybridized carbons (Fsp3) is 0.286. The van der Waals surface area contributed by atoms with E-state index in [0.717, 1.165) is 28.1 Å². The van der Waals surface area contributed by atoms with Crippen molar-refractivity contribution in [2.24, 2.45) is 5.92 Å². The molecule has 2 atom stereocenters. The van der Waals surface area contributed by atoms with Crippen LogP contribution in [-0.4, -0.2) is 18.8 Å². The largest absolute Gasteiger partial charge is 0.496 e. The number of nitrogens with zero attached hydrogens (tertiary/aromatic N) is 1. The molecule has 0 spiro atoms. The molecule has 4 nitrogen and oxygen atoms in total. The molecule has 33 heavy (non-hydrogen) atoms. The number of para-hydroxylation sites is 2. The van der Waals surface area contributed by atoms with Gasteiger partial charge < -0.3 is 9.64 Å². The van der Waals surface area contributed by atoms with Crippen molar-refractivity contribution in [1.29, 1.82) is 0 Å². The molecule has 3 aromatic carbocycles. The highest BCUT2D eigenvalue weighted by atomic mass is 19.1. The Kier molecular flexibility index (Phi) is 5.49. The molecule has 0 aromatic heterocycles. The van der Waals surface area contributed by atoms with E-state index in [0.29, 0.717) is 32.2 Å². The molecule has 0 N–H and O–H groups in total. The summed E-state index contributed by atoms with van der Waals surface area (Å²) in [7, 11) is 1.63. The SMILES string of the molecule is COc1ccccc1C[C@@]1([C@H]2CCC(=O)C2)C(=O)N(Cc2ccc(F)cc2)c2ccccc21. The summed E-state index contributed by atoms with van der Waals surface area (Å²) < 4.78 is 19.1. The van der Waals surface area contributed by atoms with Gasteiger partial charge in [-0.1, -0.05) is 48.5 Å². The smallest absolute Gasteiger partial charge is 0.238 e. The molecule has 0 radical (unpaired) electrons. The maximum atomic E-state index is 14.4. The summed E-state index contributed by atoms with van der Waals surface area (Å²) in [6, 6.07) is 21.9. The Hall–Kier alpha value is -3.47. The Morgan fingerprint density at radius 1 is 1.00 bits per heavy atom. The number of anilines is 1. The predicted octanol–water partition coefficient (Wildman–Crippen LogP) is 5.23. The Balaban J connectivity index is 1.64. The minimum Gasteiger partial charge on any atom is -0.496 e. The third-order valence-electron chi connectivity index (χ3n) is 7.16. The molecule has 1 amide bonds. The molecule has 2 aliphatic rings. The van der Waals surface area contributed by atoms with Crippen LogP contribution in [0.2, 0.25) is 0 Å². The second-order valence-electron chi connectivity index (χ2n) is 8.97. The van der Waals surface area contributed by atoms with Crippen molar-refractivity contribution in [3.8, 4) is 5.75 Å². The van der Waals surface area contributed by atoms with E-state index >= 15 is 0 Å². The van der Waals surface area contributed by atoms with Crippen LogP contribution in [0, 0.1) is 11.7 Å². The monoisotopic (exact) mass is 443 g/mol. The summed E-state index contributed by atoms with van der Waals surface area (Å²) in [6.45, 7) is 0.352. The lowest BCUT2D eigenvalue weighted by Crippen LogP contribution is -2.46. The van der Waals surface area contributed by atoms with Crippen LogP contribution in [0.1, 0.15) is 36.0 Å². The summed E-state index contributed by atoms with van der Waals surface area (Å²) in [5.41, 5.74) is 2.78. The first-order valence-corrected chi connectivity index (χ1v) is 11.3. The summed E-state index contributed by atoms with van der Waals surface area (Å²) in [4.78, 5) is 28.5. The van der Waals surface area contributed by atoms with Crippen molar-refractivity contribution in [3.63, 3.8) is 0 Å². The molecule has 1 fully saturated rings. The fourth-order valence-electron chi connectivity index (χ4n) is 5.57. The molecule has 168 valence electrons. The number of carbonyl (C=O) groups is 2. The average molecular weight is 444 g/mol. The van der Waals surface area contributed by atoms with E-state index in [4.69, 9.17) is 4.74 Å². The molecule has 1 aliphatic heterocycles. The first-order chi connectivity index (χ1) is 16.0. The lowest BCUT2D eigenvalue weighted by Gasteiger charge is -2.35. The number of rotatable bonds is 6. The van der Waals surface area contributed by atoms with Gasteiger partial charge in [0.15, 0.2) is 0 Å². The molecule has 1 saturated carbocycles. The number of hydrogen-bond acceptors (Lipinski definition) is 3. The number of halogens is 1. The lowest BCUT2D eigenvalue weighted by atomic mass is 9.66. The lowest BCUT2D eigenvalue weighted by molar-refractivity contribution is -0.125. The predicted molar refractivity (Wildman–Crippen MR) is 125 cm³/mol. The topological polar surface area (TPSA) is 46.6 Å². The van der Waals surface area contributed by atoms with Gasteiger partial charge in [0.25, 0.3) is 0 Å². The summed E-state index contributed by atoms with van der Waals surface area (Å²) in [6.07, 6.45) is 2.06. The zero-order chi connectivity index (χ0) is 23.0. The van der Waals surface area contributed by atoms with Gasteiger partial charge in [0.1, 0.15) is 17.3 Å². The molecule has 0 bridgehead atoms. The van der Waals surface area contributed by atoms with Crippen molar-refractivity contribution in [2.75, 3.05) is 12.0 Å². The second-order valence-corrected chi connectivity index (χ2v) is 8.97. The zero-order valence-electron chi connectivity index (χ0n) is 18.6. The van der Waals surface area contributed by atoms with Crippen LogP contribution in [0.25, 0.3) is 0 Å². The van der Waals surface area contributed by atoms with Gasteiger partial charge in [-0.15, -0.1) is 0 Å². The van der Waals surface area contributed by atoms with Crippen molar-refractivity contribution >= 4 is 17.4 Å². The van der Waals surface area contributed by atoms with E-state index in [1.165, 1.54) is 12.1 Å². The Morgan fingerprint density at radius 3 is 2.45 bits per heavy atom. The minimum atomic E-state index is -0.850. The molecule has 3 aromatic rings. The maximum Gasteiger partial charge on any atom is 0.238 e. The Morgan fingerprint density at radius 2 is 1.73 bits per heavy atom. The zero-order valence-corrected chi connectivity index (χ0v) is 18.6. The highest BCUT2D eigenvalue weighted by Gasteiger charge is 2.56. The van der Waals surface area contributed by atoms with Crippen LogP contribution >= 0.6 is 0 Å². The Labute approximate surface area is 193 Å². The number of ketones is 1. The number of fused-ring (bicyclic) bond motifs is 1. The van der Waals surface area contributed by atoms with Crippen LogP contribution in [0.5, 0.6) is 5.75 Å². The number of carbonyl (C=O) groups excluding carboxylic acids is 2. The highest BCUT2D eigenvalue weighted by Crippen LogP contribution is 2.53. The minimum absolute atomic E-state index is 0.00127. The first kappa shape index (κ1) is 21.4. The van der Waals surface area contributed by atoms with Gasteiger partial charge >= 0.3 is 0 Å². The van der Waals surface area contributed by atoms with Crippen LogP contribution in [0.4, 0.5) is 10.1 Å². The molecule has 0 unspecified atom stereocenters. The van der Waals surface area contributed by atoms with Crippen LogP contribution in [0.15, 0.2) is 72.8 Å². The van der Waals surface area contributed by atoms with Crippen molar-refractivity contribution < 1.29 is 18.7 Å². The van der Waals surface area contributed by atoms with Crippen molar-refractivity contribution in [3.05, 3.63) is 95.3 Å². The fourth-order valence-corrected chi connectivity index (χ4v) is 5.57. The molecular formula is C28H26FNO3. The van der Waals surface area contributed by atoms with E-state index in [1.54, 1.807) is 24.1 Å². The van der Waals surface area contributed by atoms with Gasteiger partial charge in [-0.05, 0) is 59.7 Å². The number of amides is 1. The van der Waals surface area contributed by atoms with Crippen LogP contribution in [-0.2, 0) is 28.0 Å². The standard InChI is InChI=1S/C28H26FNO3/c1-33-26-9-5-2-6-20(26)17-28(21-12-15-23(31)16-21)24-7-3-4-8-25(24)30(27(28)32)18-19-10-13-22(29)14-11-19/h2-11,13-14,21H,12,15-18H2,1H3/t21-,28-/m0/s1. The van der Waals surface area contributed by atoms with Gasteiger partial charge in [-0.3, -0.25) is 9.59 Å².